The van der Waals surface area contributed by atoms with Crippen molar-refractivity contribution in [2.24, 2.45) is 0 Å². The van der Waals surface area contributed by atoms with Crippen molar-refractivity contribution in [3.05, 3.63) is 24.5 Å². The highest BCUT2D eigenvalue weighted by atomic mass is 16.2. The van der Waals surface area contributed by atoms with E-state index < -0.39 is 0 Å². The number of piperazine rings is 1. The number of anilines is 1. The zero-order valence-electron chi connectivity index (χ0n) is 7.16. The third-order valence-corrected chi connectivity index (χ3v) is 2.00. The van der Waals surface area contributed by atoms with Crippen molar-refractivity contribution < 1.29 is 4.79 Å². The molecule has 0 bridgehead atoms. The fourth-order valence-corrected chi connectivity index (χ4v) is 1.35. The van der Waals surface area contributed by atoms with Crippen molar-refractivity contribution in [3.8, 4) is 0 Å². The molecule has 1 N–H and O–H groups in total. The van der Waals surface area contributed by atoms with Crippen molar-refractivity contribution in [2.45, 2.75) is 0 Å². The Morgan fingerprint density at radius 1 is 1.62 bits per heavy atom. The van der Waals surface area contributed by atoms with E-state index in [0.717, 1.165) is 12.2 Å². The van der Waals surface area contributed by atoms with Crippen LogP contribution in [0.1, 0.15) is 0 Å². The van der Waals surface area contributed by atoms with E-state index >= 15 is 0 Å². The Hall–Kier alpha value is -1.42. The Bertz CT molecular complexity index is 299. The quantitative estimate of drug-likeness (QED) is 0.645. The smallest absolute Gasteiger partial charge is 0.241 e. The molecule has 1 radical (unpaired) electrons. The molecule has 0 saturated carbocycles. The van der Waals surface area contributed by atoms with Crippen molar-refractivity contribution >= 4 is 11.6 Å². The molecule has 0 atom stereocenters. The highest BCUT2D eigenvalue weighted by Gasteiger charge is 2.18. The lowest BCUT2D eigenvalue weighted by Gasteiger charge is -2.26. The average Bonchev–Trinajstić information content (AvgIpc) is 2.20. The van der Waals surface area contributed by atoms with E-state index in [1.54, 1.807) is 17.2 Å². The van der Waals surface area contributed by atoms with Gasteiger partial charge in [0.15, 0.2) is 0 Å². The van der Waals surface area contributed by atoms with E-state index in [1.165, 1.54) is 0 Å². The predicted octanol–water partition coefficient (Wildman–Crippen LogP) is -0.182. The van der Waals surface area contributed by atoms with E-state index in [1.807, 2.05) is 6.07 Å². The summed E-state index contributed by atoms with van der Waals surface area (Å²) in [6, 6.07) is 3.56. The van der Waals surface area contributed by atoms with Crippen LogP contribution in [-0.2, 0) is 4.79 Å². The topological polar surface area (TPSA) is 45.2 Å². The minimum Gasteiger partial charge on any atom is -0.309 e. The number of amides is 1. The third-order valence-electron chi connectivity index (χ3n) is 2.00. The van der Waals surface area contributed by atoms with Crippen LogP contribution in [0.5, 0.6) is 0 Å². The van der Waals surface area contributed by atoms with E-state index in [9.17, 15) is 4.79 Å². The van der Waals surface area contributed by atoms with Gasteiger partial charge in [-0.1, -0.05) is 0 Å². The Morgan fingerprint density at radius 2 is 2.54 bits per heavy atom. The second kappa shape index (κ2) is 3.53. The monoisotopic (exact) mass is 176 g/mol. The maximum atomic E-state index is 11.4. The van der Waals surface area contributed by atoms with Crippen LogP contribution >= 0.6 is 0 Å². The van der Waals surface area contributed by atoms with Gasteiger partial charge in [0.25, 0.3) is 0 Å². The molecular formula is C9H10N3O. The maximum absolute atomic E-state index is 11.4. The van der Waals surface area contributed by atoms with Crippen LogP contribution in [-0.4, -0.2) is 30.5 Å². The molecule has 1 aromatic heterocycles. The number of carbonyl (C=O) groups is 1. The van der Waals surface area contributed by atoms with Gasteiger partial charge in [0.05, 0.1) is 24.6 Å². The van der Waals surface area contributed by atoms with E-state index in [0.29, 0.717) is 13.1 Å². The summed E-state index contributed by atoms with van der Waals surface area (Å²) >= 11 is 0. The molecular weight excluding hydrogens is 166 g/mol. The molecule has 2 rings (SSSR count). The highest BCUT2D eigenvalue weighted by molar-refractivity contribution is 5.95. The molecule has 1 amide bonds. The van der Waals surface area contributed by atoms with Crippen LogP contribution in [0.3, 0.4) is 0 Å². The standard InChI is InChI=1S/C9H10N3O/c13-9-7-11-4-5-12(9)8-2-1-3-10-6-8/h1-2,6,11H,4-5,7H2. The summed E-state index contributed by atoms with van der Waals surface area (Å²) in [5.41, 5.74) is 0.852. The fourth-order valence-electron chi connectivity index (χ4n) is 1.35. The fraction of sp³-hybridized carbons (Fsp3) is 0.333. The largest absolute Gasteiger partial charge is 0.309 e. The van der Waals surface area contributed by atoms with Crippen molar-refractivity contribution in [2.75, 3.05) is 24.5 Å². The lowest BCUT2D eigenvalue weighted by Crippen LogP contribution is -2.48. The van der Waals surface area contributed by atoms with E-state index in [-0.39, 0.29) is 5.91 Å². The van der Waals surface area contributed by atoms with Gasteiger partial charge in [0.2, 0.25) is 5.91 Å². The van der Waals surface area contributed by atoms with Gasteiger partial charge in [-0.05, 0) is 12.1 Å². The molecule has 1 aliphatic heterocycles. The number of rotatable bonds is 1. The highest BCUT2D eigenvalue weighted by Crippen LogP contribution is 2.12. The van der Waals surface area contributed by atoms with Crippen LogP contribution in [0.25, 0.3) is 0 Å². The minimum absolute atomic E-state index is 0.0965. The van der Waals surface area contributed by atoms with Crippen molar-refractivity contribution in [3.63, 3.8) is 0 Å². The molecule has 4 heteroatoms. The number of nitrogens with one attached hydrogen (secondary N) is 1. The van der Waals surface area contributed by atoms with Gasteiger partial charge in [-0.15, -0.1) is 0 Å². The van der Waals surface area contributed by atoms with Gasteiger partial charge >= 0.3 is 0 Å². The molecule has 67 valence electrons. The molecule has 4 nitrogen and oxygen atoms in total. The Balaban J connectivity index is 2.20. The number of carbonyl (C=O) groups excluding carboxylic acids is 1. The molecule has 0 aromatic carbocycles. The summed E-state index contributed by atoms with van der Waals surface area (Å²) in [5.74, 6) is 0.0965. The molecule has 13 heavy (non-hydrogen) atoms. The van der Waals surface area contributed by atoms with Crippen LogP contribution in [0.15, 0.2) is 18.3 Å². The molecule has 1 saturated heterocycles. The maximum Gasteiger partial charge on any atom is 0.241 e. The molecule has 2 heterocycles. The molecule has 1 aromatic rings. The molecule has 0 unspecified atom stereocenters. The first-order valence-corrected chi connectivity index (χ1v) is 4.21. The summed E-state index contributed by atoms with van der Waals surface area (Å²) in [4.78, 5) is 17.0. The van der Waals surface area contributed by atoms with Crippen molar-refractivity contribution in [1.29, 1.82) is 0 Å². The second-order valence-electron chi connectivity index (χ2n) is 2.87. The first kappa shape index (κ1) is 8.19. The van der Waals surface area contributed by atoms with Gasteiger partial charge in [-0.25, -0.2) is 0 Å². The Kier molecular flexibility index (Phi) is 2.23. The number of hydrogen-bond donors (Lipinski definition) is 1. The number of aromatic nitrogens is 1. The average molecular weight is 176 g/mol. The zero-order chi connectivity index (χ0) is 9.10. The van der Waals surface area contributed by atoms with Gasteiger partial charge in [0, 0.05) is 13.1 Å². The van der Waals surface area contributed by atoms with Crippen LogP contribution in [0.4, 0.5) is 5.69 Å². The minimum atomic E-state index is 0.0965. The van der Waals surface area contributed by atoms with Gasteiger partial charge < -0.3 is 10.2 Å². The first-order chi connectivity index (χ1) is 6.38. The summed E-state index contributed by atoms with van der Waals surface area (Å²) in [5, 5.41) is 3.01. The molecule has 1 aliphatic rings. The summed E-state index contributed by atoms with van der Waals surface area (Å²) in [6.45, 7) is 1.97. The first-order valence-electron chi connectivity index (χ1n) is 4.21. The number of nitrogens with zero attached hydrogens (tertiary/aromatic N) is 2. The van der Waals surface area contributed by atoms with E-state index in [4.69, 9.17) is 0 Å². The van der Waals surface area contributed by atoms with Crippen LogP contribution in [0, 0.1) is 6.20 Å². The van der Waals surface area contributed by atoms with Gasteiger partial charge in [-0.3, -0.25) is 9.78 Å². The number of pyridine rings is 1. The zero-order valence-corrected chi connectivity index (χ0v) is 7.16. The molecule has 1 fully saturated rings. The molecule has 0 spiro atoms. The SMILES string of the molecule is O=C1CNCCN1c1cc[c]nc1. The lowest BCUT2D eigenvalue weighted by atomic mass is 10.3. The summed E-state index contributed by atoms with van der Waals surface area (Å²) < 4.78 is 0. The van der Waals surface area contributed by atoms with Gasteiger partial charge in [0.1, 0.15) is 0 Å². The van der Waals surface area contributed by atoms with E-state index in [2.05, 4.69) is 16.5 Å². The van der Waals surface area contributed by atoms with Crippen molar-refractivity contribution in [1.82, 2.24) is 10.3 Å². The summed E-state index contributed by atoms with van der Waals surface area (Å²) in [7, 11) is 0. The van der Waals surface area contributed by atoms with Gasteiger partial charge in [-0.2, -0.15) is 0 Å². The Morgan fingerprint density at radius 3 is 3.23 bits per heavy atom. The third kappa shape index (κ3) is 1.67. The number of hydrogen-bond acceptors (Lipinski definition) is 3. The predicted molar refractivity (Wildman–Crippen MR) is 48.3 cm³/mol. The van der Waals surface area contributed by atoms with Crippen LogP contribution in [0.2, 0.25) is 0 Å². The molecule has 0 aliphatic carbocycles. The second-order valence-corrected chi connectivity index (χ2v) is 2.87. The Labute approximate surface area is 76.6 Å². The normalized spacial score (nSPS) is 17.5. The lowest BCUT2D eigenvalue weighted by molar-refractivity contribution is -0.118. The summed E-state index contributed by atoms with van der Waals surface area (Å²) in [6.07, 6.45) is 4.34. The van der Waals surface area contributed by atoms with Crippen LogP contribution < -0.4 is 10.2 Å².